The summed E-state index contributed by atoms with van der Waals surface area (Å²) < 4.78 is 35.0. The Hall–Kier alpha value is -4.15. The molecule has 2 aliphatic heterocycles. The molecule has 1 saturated carbocycles. The molecule has 0 spiro atoms. The summed E-state index contributed by atoms with van der Waals surface area (Å²) in [4.78, 5) is 15.3. The lowest BCUT2D eigenvalue weighted by Gasteiger charge is -2.41. The molecule has 3 aromatic rings. The monoisotopic (exact) mass is 549 g/mol. The number of aliphatic hydroxyl groups excluding tert-OH is 1. The number of hydrogen-bond acceptors (Lipinski definition) is 9. The minimum Gasteiger partial charge on any atom is -0.493 e. The van der Waals surface area contributed by atoms with Gasteiger partial charge in [0.15, 0.2) is 34.2 Å². The van der Waals surface area contributed by atoms with Crippen molar-refractivity contribution in [2.45, 2.75) is 23.2 Å². The van der Waals surface area contributed by atoms with Crippen molar-refractivity contribution >= 4 is 5.91 Å². The summed E-state index contributed by atoms with van der Waals surface area (Å²) in [5, 5.41) is 25.2. The molecular formula is C30H31NO9. The van der Waals surface area contributed by atoms with Gasteiger partial charge < -0.3 is 43.5 Å². The van der Waals surface area contributed by atoms with E-state index < -0.39 is 29.1 Å². The van der Waals surface area contributed by atoms with Gasteiger partial charge in [0.2, 0.25) is 18.4 Å². The number of aliphatic hydroxyl groups is 2. The molecule has 2 N–H and O–H groups in total. The van der Waals surface area contributed by atoms with Gasteiger partial charge in [-0.3, -0.25) is 4.79 Å². The zero-order valence-electron chi connectivity index (χ0n) is 22.8. The Kier molecular flexibility index (Phi) is 6.01. The molecule has 0 radical (unpaired) electrons. The first-order valence-electron chi connectivity index (χ1n) is 12.8. The number of nitrogens with zero attached hydrogens (tertiary/aromatic N) is 1. The Labute approximate surface area is 231 Å². The van der Waals surface area contributed by atoms with E-state index in [4.69, 9.17) is 28.4 Å². The van der Waals surface area contributed by atoms with E-state index in [2.05, 4.69) is 0 Å². The van der Waals surface area contributed by atoms with Gasteiger partial charge in [-0.15, -0.1) is 0 Å². The predicted octanol–water partition coefficient (Wildman–Crippen LogP) is 2.78. The summed E-state index contributed by atoms with van der Waals surface area (Å²) in [7, 11) is 7.71. The lowest BCUT2D eigenvalue weighted by Crippen LogP contribution is -2.52. The molecule has 5 atom stereocenters. The van der Waals surface area contributed by atoms with E-state index in [1.807, 2.05) is 30.3 Å². The maximum absolute atomic E-state index is 13.8. The fraction of sp³-hybridized carbons (Fsp3) is 0.367. The fourth-order valence-electron chi connectivity index (χ4n) is 6.63. The molecule has 1 aliphatic carbocycles. The molecule has 6 rings (SSSR count). The number of fused-ring (bicyclic) bond motifs is 4. The highest BCUT2D eigenvalue weighted by Crippen LogP contribution is 2.72. The van der Waals surface area contributed by atoms with E-state index in [0.717, 1.165) is 0 Å². The minimum atomic E-state index is -2.18. The fourth-order valence-corrected chi connectivity index (χ4v) is 6.63. The third kappa shape index (κ3) is 3.20. The number of hydrogen-bond donors (Lipinski definition) is 2. The van der Waals surface area contributed by atoms with Crippen LogP contribution >= 0.6 is 0 Å². The van der Waals surface area contributed by atoms with Crippen LogP contribution in [0.4, 0.5) is 0 Å². The molecule has 2 heterocycles. The molecule has 0 aromatic heterocycles. The highest BCUT2D eigenvalue weighted by Gasteiger charge is 2.78. The van der Waals surface area contributed by atoms with Crippen molar-refractivity contribution in [3.8, 4) is 34.5 Å². The van der Waals surface area contributed by atoms with Crippen molar-refractivity contribution in [3.05, 3.63) is 71.3 Å². The molecule has 5 unspecified atom stereocenters. The zero-order valence-corrected chi connectivity index (χ0v) is 22.8. The smallest absolute Gasteiger partial charge is 0.231 e. The van der Waals surface area contributed by atoms with Crippen LogP contribution in [0.3, 0.4) is 0 Å². The van der Waals surface area contributed by atoms with Crippen molar-refractivity contribution in [2.75, 3.05) is 42.2 Å². The van der Waals surface area contributed by atoms with Gasteiger partial charge in [0.1, 0.15) is 11.9 Å². The lowest BCUT2D eigenvalue weighted by atomic mass is 9.70. The van der Waals surface area contributed by atoms with Crippen LogP contribution in [0.1, 0.15) is 22.6 Å². The van der Waals surface area contributed by atoms with Crippen molar-refractivity contribution in [3.63, 3.8) is 0 Å². The summed E-state index contributed by atoms with van der Waals surface area (Å²) in [5.74, 6) is -0.381. The summed E-state index contributed by atoms with van der Waals surface area (Å²) in [5.41, 5.74) is -2.55. The molecule has 10 heteroatoms. The van der Waals surface area contributed by atoms with Crippen LogP contribution in [0.25, 0.3) is 0 Å². The molecule has 40 heavy (non-hydrogen) atoms. The van der Waals surface area contributed by atoms with Crippen LogP contribution in [-0.2, 0) is 16.0 Å². The summed E-state index contributed by atoms with van der Waals surface area (Å²) in [6, 6.07) is 16.0. The molecular weight excluding hydrogens is 518 g/mol. The first kappa shape index (κ1) is 26.1. The molecule has 0 saturated heterocycles. The second-order valence-corrected chi connectivity index (χ2v) is 10.3. The average Bonchev–Trinajstić information content (AvgIpc) is 3.60. The summed E-state index contributed by atoms with van der Waals surface area (Å²) in [6.07, 6.45) is -1.61. The third-order valence-corrected chi connectivity index (χ3v) is 8.27. The molecule has 3 aromatic carbocycles. The number of methoxy groups -OCH3 is 3. The van der Waals surface area contributed by atoms with Crippen molar-refractivity contribution in [2.24, 2.45) is 5.92 Å². The number of rotatable bonds is 6. The van der Waals surface area contributed by atoms with Gasteiger partial charge in [-0.1, -0.05) is 36.4 Å². The quantitative estimate of drug-likeness (QED) is 0.479. The van der Waals surface area contributed by atoms with Crippen LogP contribution < -0.4 is 28.4 Å². The van der Waals surface area contributed by atoms with Gasteiger partial charge in [-0.05, 0) is 17.7 Å². The molecule has 0 bridgehead atoms. The minimum absolute atomic E-state index is 0.0369. The normalized spacial score (nSPS) is 27.4. The molecule has 10 nitrogen and oxygen atoms in total. The highest BCUT2D eigenvalue weighted by atomic mass is 16.7. The summed E-state index contributed by atoms with van der Waals surface area (Å²) in [6.45, 7) is -0.0369. The number of ether oxygens (including phenoxy) is 6. The van der Waals surface area contributed by atoms with Gasteiger partial charge in [-0.25, -0.2) is 0 Å². The maximum Gasteiger partial charge on any atom is 0.231 e. The van der Waals surface area contributed by atoms with E-state index in [-0.39, 0.29) is 35.5 Å². The van der Waals surface area contributed by atoms with Crippen LogP contribution in [0.2, 0.25) is 0 Å². The van der Waals surface area contributed by atoms with Gasteiger partial charge in [0, 0.05) is 31.6 Å². The van der Waals surface area contributed by atoms with Crippen LogP contribution in [0.5, 0.6) is 34.5 Å². The SMILES string of the molecule is COc1ccc(C23Oc4cc5c(c(OC)c4C2(O)C(O)C(C(=O)N(C)C)C3c2ccccc2)OCO5)cc1OC. The van der Waals surface area contributed by atoms with Crippen LogP contribution in [0, 0.1) is 5.92 Å². The van der Waals surface area contributed by atoms with E-state index in [9.17, 15) is 15.0 Å². The molecule has 210 valence electrons. The molecule has 3 aliphatic rings. The van der Waals surface area contributed by atoms with Crippen molar-refractivity contribution in [1.29, 1.82) is 0 Å². The number of carbonyl (C=O) groups is 1. The van der Waals surface area contributed by atoms with Gasteiger partial charge in [0.25, 0.3) is 0 Å². The standard InChI is InChI=1S/C30H31NO9/c1-31(2)28(33)22-23(16-9-7-6-8-10-16)30(17-11-12-18(35-3)19(13-17)36-4)29(34,27(22)32)24-20(40-30)14-21-25(26(24)37-5)39-15-38-21/h6-14,22-23,27,32,34H,15H2,1-5H3. The van der Waals surface area contributed by atoms with Crippen LogP contribution in [-0.4, -0.2) is 69.3 Å². The number of benzene rings is 3. The van der Waals surface area contributed by atoms with E-state index >= 15 is 0 Å². The largest absolute Gasteiger partial charge is 0.493 e. The Balaban J connectivity index is 1.73. The Bertz CT molecular complexity index is 1480. The lowest BCUT2D eigenvalue weighted by molar-refractivity contribution is -0.156. The van der Waals surface area contributed by atoms with E-state index in [1.54, 1.807) is 38.4 Å². The zero-order chi connectivity index (χ0) is 28.4. The second-order valence-electron chi connectivity index (χ2n) is 10.3. The highest BCUT2D eigenvalue weighted by molar-refractivity contribution is 5.83. The second kappa shape index (κ2) is 9.21. The van der Waals surface area contributed by atoms with E-state index in [0.29, 0.717) is 28.4 Å². The number of carbonyl (C=O) groups excluding carboxylic acids is 1. The topological polar surface area (TPSA) is 116 Å². The van der Waals surface area contributed by atoms with Crippen LogP contribution in [0.15, 0.2) is 54.6 Å². The Morgan fingerprint density at radius 1 is 0.950 bits per heavy atom. The Morgan fingerprint density at radius 3 is 2.33 bits per heavy atom. The predicted molar refractivity (Wildman–Crippen MR) is 142 cm³/mol. The van der Waals surface area contributed by atoms with Gasteiger partial charge >= 0.3 is 0 Å². The summed E-state index contributed by atoms with van der Waals surface area (Å²) >= 11 is 0. The van der Waals surface area contributed by atoms with Crippen molar-refractivity contribution < 1.29 is 43.4 Å². The third-order valence-electron chi connectivity index (χ3n) is 8.27. The Morgan fingerprint density at radius 2 is 1.68 bits per heavy atom. The molecule has 1 fully saturated rings. The molecule has 1 amide bonds. The van der Waals surface area contributed by atoms with Crippen molar-refractivity contribution in [1.82, 2.24) is 4.90 Å². The van der Waals surface area contributed by atoms with Gasteiger partial charge in [-0.2, -0.15) is 0 Å². The number of amides is 1. The first-order chi connectivity index (χ1) is 19.2. The van der Waals surface area contributed by atoms with E-state index in [1.165, 1.54) is 26.2 Å². The average molecular weight is 550 g/mol. The first-order valence-corrected chi connectivity index (χ1v) is 12.8. The maximum atomic E-state index is 13.8. The van der Waals surface area contributed by atoms with Gasteiger partial charge in [0.05, 0.1) is 32.8 Å².